The Kier molecular flexibility index (Phi) is 5.50. The third kappa shape index (κ3) is 4.76. The second kappa shape index (κ2) is 6.92. The number of benzene rings is 1. The van der Waals surface area contributed by atoms with Crippen LogP contribution in [0.1, 0.15) is 5.56 Å². The number of esters is 2. The van der Waals surface area contributed by atoms with Gasteiger partial charge >= 0.3 is 18.1 Å². The number of rotatable bonds is 4. The average molecular weight is 321 g/mol. The van der Waals surface area contributed by atoms with Crippen LogP contribution in [0, 0.1) is 5.82 Å². The molecule has 1 aromatic rings. The number of halogens is 4. The Labute approximate surface area is 122 Å². The lowest BCUT2D eigenvalue weighted by atomic mass is 10.2. The zero-order chi connectivity index (χ0) is 16.9. The molecule has 0 aromatic heterocycles. The van der Waals surface area contributed by atoms with Crippen molar-refractivity contribution >= 4 is 17.6 Å². The van der Waals surface area contributed by atoms with Gasteiger partial charge < -0.3 is 14.8 Å². The SMILES string of the molecule is COC(=O)/C=C(/Nc1cc(F)cc(C(F)(F)F)c1)C(=O)OC. The first-order chi connectivity index (χ1) is 10.2. The maximum absolute atomic E-state index is 13.3. The zero-order valence-electron chi connectivity index (χ0n) is 11.5. The highest BCUT2D eigenvalue weighted by Gasteiger charge is 2.31. The molecule has 1 rings (SSSR count). The molecule has 9 heteroatoms. The number of carbonyl (C=O) groups excluding carboxylic acids is 2. The normalized spacial score (nSPS) is 11.8. The molecule has 0 amide bonds. The van der Waals surface area contributed by atoms with E-state index >= 15 is 0 Å². The van der Waals surface area contributed by atoms with Crippen LogP contribution >= 0.6 is 0 Å². The lowest BCUT2D eigenvalue weighted by Crippen LogP contribution is -2.16. The van der Waals surface area contributed by atoms with E-state index in [0.717, 1.165) is 20.3 Å². The fraction of sp³-hybridized carbons (Fsp3) is 0.231. The Bertz CT molecular complexity index is 611. The van der Waals surface area contributed by atoms with Crippen LogP contribution in [0.15, 0.2) is 30.0 Å². The van der Waals surface area contributed by atoms with E-state index in [0.29, 0.717) is 18.2 Å². The highest BCUT2D eigenvalue weighted by Crippen LogP contribution is 2.32. The predicted octanol–water partition coefficient (Wildman–Crippen LogP) is 2.49. The molecule has 0 saturated carbocycles. The molecule has 0 bridgehead atoms. The van der Waals surface area contributed by atoms with Gasteiger partial charge in [-0.05, 0) is 18.2 Å². The summed E-state index contributed by atoms with van der Waals surface area (Å²) in [5.41, 5.74) is -2.14. The maximum atomic E-state index is 13.3. The van der Waals surface area contributed by atoms with E-state index in [-0.39, 0.29) is 5.69 Å². The zero-order valence-corrected chi connectivity index (χ0v) is 11.5. The molecule has 0 radical (unpaired) electrons. The van der Waals surface area contributed by atoms with E-state index in [2.05, 4.69) is 14.8 Å². The van der Waals surface area contributed by atoms with Gasteiger partial charge in [0.15, 0.2) is 0 Å². The maximum Gasteiger partial charge on any atom is 0.416 e. The van der Waals surface area contributed by atoms with Gasteiger partial charge in [0.1, 0.15) is 11.5 Å². The summed E-state index contributed by atoms with van der Waals surface area (Å²) in [7, 11) is 2.04. The van der Waals surface area contributed by atoms with E-state index in [1.165, 1.54) is 0 Å². The summed E-state index contributed by atoms with van der Waals surface area (Å²) in [5, 5.41) is 2.19. The molecule has 0 aliphatic rings. The summed E-state index contributed by atoms with van der Waals surface area (Å²) in [4.78, 5) is 22.6. The van der Waals surface area contributed by atoms with E-state index in [1.54, 1.807) is 0 Å². The fourth-order valence-corrected chi connectivity index (χ4v) is 1.41. The summed E-state index contributed by atoms with van der Waals surface area (Å²) in [6.07, 6.45) is -4.10. The van der Waals surface area contributed by atoms with Crippen LogP contribution in [0.2, 0.25) is 0 Å². The van der Waals surface area contributed by atoms with Gasteiger partial charge in [-0.25, -0.2) is 14.0 Å². The van der Waals surface area contributed by atoms with Crippen molar-refractivity contribution in [3.8, 4) is 0 Å². The van der Waals surface area contributed by atoms with Gasteiger partial charge in [0.2, 0.25) is 0 Å². The van der Waals surface area contributed by atoms with Crippen molar-refractivity contribution in [2.75, 3.05) is 19.5 Å². The van der Waals surface area contributed by atoms with Gasteiger partial charge in [-0.3, -0.25) is 0 Å². The molecule has 1 aromatic carbocycles. The van der Waals surface area contributed by atoms with Crippen molar-refractivity contribution in [2.24, 2.45) is 0 Å². The monoisotopic (exact) mass is 321 g/mol. The van der Waals surface area contributed by atoms with Crippen LogP contribution in [0.25, 0.3) is 0 Å². The smallest absolute Gasteiger partial charge is 0.416 e. The first-order valence-electron chi connectivity index (χ1n) is 5.70. The predicted molar refractivity (Wildman–Crippen MR) is 67.1 cm³/mol. The van der Waals surface area contributed by atoms with Crippen LogP contribution in [-0.4, -0.2) is 26.2 Å². The van der Waals surface area contributed by atoms with Crippen molar-refractivity contribution < 1.29 is 36.6 Å². The number of methoxy groups -OCH3 is 2. The Balaban J connectivity index is 3.19. The molecule has 0 spiro atoms. The highest BCUT2D eigenvalue weighted by atomic mass is 19.4. The number of alkyl halides is 3. The Hall–Kier alpha value is -2.58. The van der Waals surface area contributed by atoms with Crippen LogP contribution in [0.3, 0.4) is 0 Å². The van der Waals surface area contributed by atoms with Crippen molar-refractivity contribution in [1.82, 2.24) is 0 Å². The molecular weight excluding hydrogens is 310 g/mol. The summed E-state index contributed by atoms with van der Waals surface area (Å²) in [6.45, 7) is 0. The number of hydrogen-bond donors (Lipinski definition) is 1. The third-order valence-corrected chi connectivity index (χ3v) is 2.37. The molecule has 0 heterocycles. The first kappa shape index (κ1) is 17.5. The largest absolute Gasteiger partial charge is 0.466 e. The molecule has 5 nitrogen and oxygen atoms in total. The molecule has 0 unspecified atom stereocenters. The van der Waals surface area contributed by atoms with Gasteiger partial charge in [0, 0.05) is 5.69 Å². The molecule has 0 saturated heterocycles. The Morgan fingerprint density at radius 2 is 1.77 bits per heavy atom. The quantitative estimate of drug-likeness (QED) is 0.524. The first-order valence-corrected chi connectivity index (χ1v) is 5.70. The fourth-order valence-electron chi connectivity index (χ4n) is 1.41. The third-order valence-electron chi connectivity index (χ3n) is 2.37. The molecule has 0 fully saturated rings. The molecule has 0 aliphatic heterocycles. The summed E-state index contributed by atoms with van der Waals surface area (Å²) in [6, 6.07) is 1.60. The van der Waals surface area contributed by atoms with Crippen molar-refractivity contribution in [2.45, 2.75) is 6.18 Å². The molecule has 120 valence electrons. The molecular formula is C13H11F4NO4. The van der Waals surface area contributed by atoms with Crippen molar-refractivity contribution in [3.05, 3.63) is 41.4 Å². The molecule has 22 heavy (non-hydrogen) atoms. The molecule has 0 aliphatic carbocycles. The van der Waals surface area contributed by atoms with Gasteiger partial charge in [0.25, 0.3) is 0 Å². The summed E-state index contributed by atoms with van der Waals surface area (Å²) >= 11 is 0. The van der Waals surface area contributed by atoms with E-state index < -0.39 is 35.2 Å². The second-order valence-corrected chi connectivity index (χ2v) is 3.92. The van der Waals surface area contributed by atoms with Crippen LogP contribution in [0.5, 0.6) is 0 Å². The second-order valence-electron chi connectivity index (χ2n) is 3.92. The standard InChI is InChI=1S/C13H11F4NO4/c1-21-11(19)6-10(12(20)22-2)18-9-4-7(13(15,16)17)3-8(14)5-9/h3-6,18H,1-2H3/b10-6+. The van der Waals surface area contributed by atoms with Crippen LogP contribution in [-0.2, 0) is 25.2 Å². The van der Waals surface area contributed by atoms with Gasteiger partial charge in [0.05, 0.1) is 25.9 Å². The number of hydrogen-bond acceptors (Lipinski definition) is 5. The van der Waals surface area contributed by atoms with E-state index in [1.807, 2.05) is 0 Å². The lowest BCUT2D eigenvalue weighted by molar-refractivity contribution is -0.138. The minimum absolute atomic E-state index is 0.299. The average Bonchev–Trinajstić information content (AvgIpc) is 2.44. The van der Waals surface area contributed by atoms with Crippen molar-refractivity contribution in [3.63, 3.8) is 0 Å². The minimum Gasteiger partial charge on any atom is -0.466 e. The van der Waals surface area contributed by atoms with E-state index in [4.69, 9.17) is 0 Å². The number of ether oxygens (including phenoxy) is 2. The van der Waals surface area contributed by atoms with Crippen molar-refractivity contribution in [1.29, 1.82) is 0 Å². The lowest BCUT2D eigenvalue weighted by Gasteiger charge is -2.12. The topological polar surface area (TPSA) is 64.6 Å². The highest BCUT2D eigenvalue weighted by molar-refractivity contribution is 5.98. The van der Waals surface area contributed by atoms with Gasteiger partial charge in [-0.15, -0.1) is 0 Å². The number of anilines is 1. The van der Waals surface area contributed by atoms with Crippen LogP contribution in [0.4, 0.5) is 23.2 Å². The molecule has 0 atom stereocenters. The van der Waals surface area contributed by atoms with Crippen LogP contribution < -0.4 is 5.32 Å². The summed E-state index contributed by atoms with van der Waals surface area (Å²) in [5.74, 6) is -3.15. The van der Waals surface area contributed by atoms with Gasteiger partial charge in [-0.2, -0.15) is 13.2 Å². The Morgan fingerprint density at radius 3 is 2.27 bits per heavy atom. The number of nitrogens with one attached hydrogen (secondary N) is 1. The number of carbonyl (C=O) groups is 2. The van der Waals surface area contributed by atoms with E-state index in [9.17, 15) is 27.2 Å². The Morgan fingerprint density at radius 1 is 1.14 bits per heavy atom. The molecule has 1 N–H and O–H groups in total. The summed E-state index contributed by atoms with van der Waals surface area (Å²) < 4.78 is 59.7. The van der Waals surface area contributed by atoms with Gasteiger partial charge in [-0.1, -0.05) is 0 Å². The minimum atomic E-state index is -4.77.